The summed E-state index contributed by atoms with van der Waals surface area (Å²) in [6.07, 6.45) is 0.178. The highest BCUT2D eigenvalue weighted by atomic mass is 16.4. The fourth-order valence-electron chi connectivity index (χ4n) is 1.43. The first-order valence-electron chi connectivity index (χ1n) is 6.77. The standard InChI is InChI=1S/C13H25N3O4/c1-9(2)7-15-11(17)5-6-14-13(20)16(10(3)4)8-12(18)19/h9-10H,5-8H2,1-4H3,(H,14,20)(H,15,17)(H,18,19). The lowest BCUT2D eigenvalue weighted by molar-refractivity contribution is -0.138. The summed E-state index contributed by atoms with van der Waals surface area (Å²) >= 11 is 0. The van der Waals surface area contributed by atoms with Gasteiger partial charge in [-0.1, -0.05) is 13.8 Å². The molecule has 3 amide bonds. The minimum Gasteiger partial charge on any atom is -0.480 e. The smallest absolute Gasteiger partial charge is 0.323 e. The van der Waals surface area contributed by atoms with Crippen molar-refractivity contribution in [2.75, 3.05) is 19.6 Å². The van der Waals surface area contributed by atoms with Crippen LogP contribution in [0.4, 0.5) is 4.79 Å². The number of rotatable bonds is 8. The Morgan fingerprint density at radius 2 is 1.70 bits per heavy atom. The summed E-state index contributed by atoms with van der Waals surface area (Å²) in [7, 11) is 0. The van der Waals surface area contributed by atoms with Gasteiger partial charge in [-0.05, 0) is 19.8 Å². The molecule has 0 radical (unpaired) electrons. The van der Waals surface area contributed by atoms with Gasteiger partial charge in [0.1, 0.15) is 6.54 Å². The van der Waals surface area contributed by atoms with E-state index in [9.17, 15) is 14.4 Å². The molecule has 7 nitrogen and oxygen atoms in total. The van der Waals surface area contributed by atoms with Gasteiger partial charge in [0.25, 0.3) is 0 Å². The van der Waals surface area contributed by atoms with E-state index in [4.69, 9.17) is 5.11 Å². The second-order valence-electron chi connectivity index (χ2n) is 5.30. The second-order valence-corrected chi connectivity index (χ2v) is 5.30. The Balaban J connectivity index is 4.07. The maximum atomic E-state index is 11.8. The Hall–Kier alpha value is -1.79. The molecule has 116 valence electrons. The van der Waals surface area contributed by atoms with Crippen LogP contribution >= 0.6 is 0 Å². The summed E-state index contributed by atoms with van der Waals surface area (Å²) in [4.78, 5) is 35.1. The number of carbonyl (C=O) groups is 3. The van der Waals surface area contributed by atoms with E-state index in [0.717, 1.165) is 0 Å². The molecule has 0 atom stereocenters. The molecular weight excluding hydrogens is 262 g/mol. The molecule has 0 bridgehead atoms. The van der Waals surface area contributed by atoms with Gasteiger partial charge in [-0.2, -0.15) is 0 Å². The molecule has 0 fully saturated rings. The maximum Gasteiger partial charge on any atom is 0.323 e. The first-order valence-corrected chi connectivity index (χ1v) is 6.77. The van der Waals surface area contributed by atoms with E-state index < -0.39 is 12.0 Å². The van der Waals surface area contributed by atoms with Crippen LogP contribution in [-0.2, 0) is 9.59 Å². The Kier molecular flexibility index (Phi) is 8.35. The minimum atomic E-state index is -1.07. The van der Waals surface area contributed by atoms with E-state index in [1.54, 1.807) is 13.8 Å². The number of aliphatic carboxylic acids is 1. The second kappa shape index (κ2) is 9.17. The molecule has 3 N–H and O–H groups in total. The van der Waals surface area contributed by atoms with Crippen LogP contribution < -0.4 is 10.6 Å². The van der Waals surface area contributed by atoms with Gasteiger partial charge in [-0.15, -0.1) is 0 Å². The molecule has 0 heterocycles. The van der Waals surface area contributed by atoms with Crippen LogP contribution in [0.3, 0.4) is 0 Å². The first kappa shape index (κ1) is 18.2. The highest BCUT2D eigenvalue weighted by Gasteiger charge is 2.19. The number of nitrogens with one attached hydrogen (secondary N) is 2. The first-order chi connectivity index (χ1) is 9.23. The molecule has 0 aliphatic carbocycles. The van der Waals surface area contributed by atoms with Crippen LogP contribution in [0.1, 0.15) is 34.1 Å². The Morgan fingerprint density at radius 3 is 2.15 bits per heavy atom. The SMILES string of the molecule is CC(C)CNC(=O)CCNC(=O)N(CC(=O)O)C(C)C. The summed E-state index contributed by atoms with van der Waals surface area (Å²) in [5.41, 5.74) is 0. The third kappa shape index (κ3) is 8.34. The summed E-state index contributed by atoms with van der Waals surface area (Å²) in [6.45, 7) is 7.89. The van der Waals surface area contributed by atoms with Crippen LogP contribution in [0.2, 0.25) is 0 Å². The van der Waals surface area contributed by atoms with Crippen LogP contribution in [0.5, 0.6) is 0 Å². The van der Waals surface area contributed by atoms with Crippen molar-refractivity contribution in [3.05, 3.63) is 0 Å². The fourth-order valence-corrected chi connectivity index (χ4v) is 1.43. The van der Waals surface area contributed by atoms with Gasteiger partial charge >= 0.3 is 12.0 Å². The molecule has 0 rings (SSSR count). The molecule has 0 saturated carbocycles. The molecule has 20 heavy (non-hydrogen) atoms. The van der Waals surface area contributed by atoms with Crippen molar-refractivity contribution in [2.24, 2.45) is 5.92 Å². The van der Waals surface area contributed by atoms with Gasteiger partial charge in [0.2, 0.25) is 5.91 Å². The van der Waals surface area contributed by atoms with Gasteiger partial charge in [-0.3, -0.25) is 9.59 Å². The van der Waals surface area contributed by atoms with E-state index in [0.29, 0.717) is 12.5 Å². The summed E-state index contributed by atoms with van der Waals surface area (Å²) in [6, 6.07) is -0.695. The van der Waals surface area contributed by atoms with Gasteiger partial charge < -0.3 is 20.6 Å². The molecule has 0 spiro atoms. The fraction of sp³-hybridized carbons (Fsp3) is 0.769. The number of carbonyl (C=O) groups excluding carboxylic acids is 2. The van der Waals surface area contributed by atoms with Crippen molar-refractivity contribution in [1.82, 2.24) is 15.5 Å². The number of carboxylic acid groups (broad SMARTS) is 1. The lowest BCUT2D eigenvalue weighted by Crippen LogP contribution is -2.47. The zero-order valence-corrected chi connectivity index (χ0v) is 12.6. The largest absolute Gasteiger partial charge is 0.480 e. The van der Waals surface area contributed by atoms with Crippen LogP contribution in [0, 0.1) is 5.92 Å². The highest BCUT2D eigenvalue weighted by Crippen LogP contribution is 1.98. The molecule has 0 aliphatic heterocycles. The number of hydrogen-bond acceptors (Lipinski definition) is 3. The molecular formula is C13H25N3O4. The van der Waals surface area contributed by atoms with Gasteiger partial charge in [0.05, 0.1) is 0 Å². The van der Waals surface area contributed by atoms with Crippen molar-refractivity contribution >= 4 is 17.9 Å². The van der Waals surface area contributed by atoms with Gasteiger partial charge in [0, 0.05) is 25.6 Å². The Morgan fingerprint density at radius 1 is 1.10 bits per heavy atom. The summed E-state index contributed by atoms with van der Waals surface area (Å²) < 4.78 is 0. The van der Waals surface area contributed by atoms with Gasteiger partial charge in [0.15, 0.2) is 0 Å². The number of urea groups is 1. The van der Waals surface area contributed by atoms with Crippen LogP contribution in [-0.4, -0.2) is 53.6 Å². The molecule has 0 saturated heterocycles. The zero-order chi connectivity index (χ0) is 15.7. The third-order valence-electron chi connectivity index (χ3n) is 2.53. The van der Waals surface area contributed by atoms with Crippen molar-refractivity contribution in [2.45, 2.75) is 40.2 Å². The van der Waals surface area contributed by atoms with E-state index in [1.165, 1.54) is 4.90 Å². The quantitative estimate of drug-likeness (QED) is 0.610. The number of hydrogen-bond donors (Lipinski definition) is 3. The lowest BCUT2D eigenvalue weighted by atomic mass is 10.2. The normalized spacial score (nSPS) is 10.5. The van der Waals surface area contributed by atoms with Crippen LogP contribution in [0.25, 0.3) is 0 Å². The molecule has 0 unspecified atom stereocenters. The zero-order valence-electron chi connectivity index (χ0n) is 12.6. The monoisotopic (exact) mass is 287 g/mol. The molecule has 0 aromatic rings. The topological polar surface area (TPSA) is 98.7 Å². The van der Waals surface area contributed by atoms with Crippen molar-refractivity contribution in [1.29, 1.82) is 0 Å². The molecule has 0 aromatic heterocycles. The number of nitrogens with zero attached hydrogens (tertiary/aromatic N) is 1. The maximum absolute atomic E-state index is 11.8. The summed E-state index contributed by atoms with van der Waals surface area (Å²) in [5.74, 6) is -0.822. The Labute approximate surface area is 119 Å². The predicted octanol–water partition coefficient (Wildman–Crippen LogP) is 0.653. The molecule has 0 aliphatic rings. The van der Waals surface area contributed by atoms with E-state index >= 15 is 0 Å². The van der Waals surface area contributed by atoms with Crippen LogP contribution in [0.15, 0.2) is 0 Å². The van der Waals surface area contributed by atoms with E-state index in [1.807, 2.05) is 13.8 Å². The minimum absolute atomic E-state index is 0.131. The van der Waals surface area contributed by atoms with Crippen molar-refractivity contribution in [3.63, 3.8) is 0 Å². The number of carboxylic acids is 1. The summed E-state index contributed by atoms with van der Waals surface area (Å²) in [5, 5.41) is 14.0. The van der Waals surface area contributed by atoms with Crippen molar-refractivity contribution in [3.8, 4) is 0 Å². The predicted molar refractivity (Wildman–Crippen MR) is 75.3 cm³/mol. The van der Waals surface area contributed by atoms with Crippen molar-refractivity contribution < 1.29 is 19.5 Å². The third-order valence-corrected chi connectivity index (χ3v) is 2.53. The molecule has 7 heteroatoms. The average molecular weight is 287 g/mol. The average Bonchev–Trinajstić information content (AvgIpc) is 2.32. The van der Waals surface area contributed by atoms with E-state index in [-0.39, 0.29) is 31.5 Å². The molecule has 0 aromatic carbocycles. The van der Waals surface area contributed by atoms with E-state index in [2.05, 4.69) is 10.6 Å². The highest BCUT2D eigenvalue weighted by molar-refractivity contribution is 5.81. The Bertz CT molecular complexity index is 343. The van der Waals surface area contributed by atoms with Gasteiger partial charge in [-0.25, -0.2) is 4.79 Å². The lowest BCUT2D eigenvalue weighted by Gasteiger charge is -2.25. The number of amides is 3.